The number of nitrogens with zero attached hydrogens (tertiary/aromatic N) is 6. The minimum atomic E-state index is -0.830. The number of hydrogen-bond donors (Lipinski definition) is 2. The fourth-order valence-electron chi connectivity index (χ4n) is 5.68. The first-order valence-corrected chi connectivity index (χ1v) is 12.4. The fourth-order valence-corrected chi connectivity index (χ4v) is 6.31. The van der Waals surface area contributed by atoms with Crippen LogP contribution in [0.2, 0.25) is 0 Å². The molecule has 172 valence electrons. The van der Waals surface area contributed by atoms with Crippen LogP contribution in [0, 0.1) is 8.99 Å². The number of rotatable bonds is 7. The van der Waals surface area contributed by atoms with Crippen LogP contribution in [0.5, 0.6) is 0 Å². The van der Waals surface area contributed by atoms with Gasteiger partial charge in [-0.05, 0) is 71.0 Å². The number of imidazole rings is 1. The van der Waals surface area contributed by atoms with Crippen molar-refractivity contribution < 1.29 is 4.39 Å². The summed E-state index contributed by atoms with van der Waals surface area (Å²) in [7, 11) is 0. The molecule has 2 bridgehead atoms. The summed E-state index contributed by atoms with van der Waals surface area (Å²) in [4.78, 5) is 4.74. The number of H-pyrrole nitrogens is 1. The van der Waals surface area contributed by atoms with Crippen molar-refractivity contribution in [3.05, 3.63) is 63.9 Å². The first kappa shape index (κ1) is 20.5. The SMILES string of the molecule is FC12CC(CNCc3ccc4nc(Cn5cc(-c6cc(I)cc7[nH]ncc67)nn5)cn4c3)(C1)C2. The molecule has 10 heteroatoms. The Morgan fingerprint density at radius 1 is 1.15 bits per heavy atom. The predicted octanol–water partition coefficient (Wildman–Crippen LogP) is 4.10. The number of halogens is 2. The summed E-state index contributed by atoms with van der Waals surface area (Å²) < 4.78 is 18.7. The Morgan fingerprint density at radius 2 is 2.03 bits per heavy atom. The minimum Gasteiger partial charge on any atom is -0.312 e. The minimum absolute atomic E-state index is 0.221. The molecule has 0 aliphatic heterocycles. The van der Waals surface area contributed by atoms with Crippen molar-refractivity contribution in [3.8, 4) is 11.3 Å². The van der Waals surface area contributed by atoms with Crippen molar-refractivity contribution in [2.45, 2.75) is 38.0 Å². The molecular weight excluding hydrogens is 546 g/mol. The number of aromatic amines is 1. The summed E-state index contributed by atoms with van der Waals surface area (Å²) in [5.74, 6) is 0. The molecule has 3 aliphatic carbocycles. The quantitative estimate of drug-likeness (QED) is 0.289. The summed E-state index contributed by atoms with van der Waals surface area (Å²) in [6, 6.07) is 8.29. The number of aromatic nitrogens is 7. The van der Waals surface area contributed by atoms with Crippen molar-refractivity contribution in [2.24, 2.45) is 5.41 Å². The van der Waals surface area contributed by atoms with Crippen LogP contribution in [-0.4, -0.2) is 46.8 Å². The van der Waals surface area contributed by atoms with Gasteiger partial charge in [-0.2, -0.15) is 5.10 Å². The van der Waals surface area contributed by atoms with Crippen molar-refractivity contribution in [1.29, 1.82) is 0 Å². The molecule has 3 fully saturated rings. The van der Waals surface area contributed by atoms with E-state index in [9.17, 15) is 4.39 Å². The second-order valence-corrected chi connectivity index (χ2v) is 11.2. The lowest BCUT2D eigenvalue weighted by Crippen LogP contribution is -2.67. The highest BCUT2D eigenvalue weighted by molar-refractivity contribution is 14.1. The topological polar surface area (TPSA) is 88.7 Å². The van der Waals surface area contributed by atoms with E-state index < -0.39 is 5.67 Å². The van der Waals surface area contributed by atoms with Crippen LogP contribution >= 0.6 is 22.6 Å². The monoisotopic (exact) mass is 568 g/mol. The molecule has 2 N–H and O–H groups in total. The van der Waals surface area contributed by atoms with E-state index >= 15 is 0 Å². The van der Waals surface area contributed by atoms with E-state index in [-0.39, 0.29) is 5.41 Å². The number of nitrogens with one attached hydrogen (secondary N) is 2. The molecular formula is C24H22FIN8. The van der Waals surface area contributed by atoms with E-state index in [0.29, 0.717) is 6.54 Å². The summed E-state index contributed by atoms with van der Waals surface area (Å²) in [5.41, 5.74) is 5.19. The zero-order valence-electron chi connectivity index (χ0n) is 18.3. The number of alkyl halides is 1. The van der Waals surface area contributed by atoms with Crippen molar-refractivity contribution in [3.63, 3.8) is 0 Å². The second kappa shape index (κ2) is 7.32. The molecule has 0 atom stereocenters. The number of benzene rings is 1. The second-order valence-electron chi connectivity index (χ2n) is 9.91. The average Bonchev–Trinajstić information content (AvgIpc) is 3.50. The van der Waals surface area contributed by atoms with Crippen LogP contribution in [0.15, 0.2) is 49.1 Å². The van der Waals surface area contributed by atoms with E-state index in [1.165, 1.54) is 5.56 Å². The molecule has 0 spiro atoms. The smallest absolute Gasteiger partial charge is 0.137 e. The van der Waals surface area contributed by atoms with Crippen molar-refractivity contribution >= 4 is 39.1 Å². The molecule has 4 aromatic heterocycles. The lowest BCUT2D eigenvalue weighted by molar-refractivity contribution is -0.209. The molecule has 34 heavy (non-hydrogen) atoms. The molecule has 8 rings (SSSR count). The van der Waals surface area contributed by atoms with Gasteiger partial charge in [-0.25, -0.2) is 14.1 Å². The third-order valence-corrected chi connectivity index (χ3v) is 7.75. The van der Waals surface area contributed by atoms with Crippen LogP contribution in [0.25, 0.3) is 27.8 Å². The molecule has 3 saturated carbocycles. The van der Waals surface area contributed by atoms with Gasteiger partial charge in [0.15, 0.2) is 0 Å². The fraction of sp³-hybridized carbons (Fsp3) is 0.333. The molecule has 4 heterocycles. The van der Waals surface area contributed by atoms with Gasteiger partial charge in [-0.1, -0.05) is 11.3 Å². The first-order chi connectivity index (χ1) is 16.5. The van der Waals surface area contributed by atoms with Crippen LogP contribution in [0.4, 0.5) is 4.39 Å². The Hall–Kier alpha value is -2.86. The Balaban J connectivity index is 1.06. The van der Waals surface area contributed by atoms with Gasteiger partial charge in [-0.3, -0.25) is 5.10 Å². The average molecular weight is 568 g/mol. The largest absolute Gasteiger partial charge is 0.312 e. The van der Waals surface area contributed by atoms with Gasteiger partial charge >= 0.3 is 0 Å². The highest BCUT2D eigenvalue weighted by Crippen LogP contribution is 2.69. The normalized spacial score (nSPS) is 23.4. The maximum atomic E-state index is 13.7. The lowest BCUT2D eigenvalue weighted by atomic mass is 9.42. The maximum Gasteiger partial charge on any atom is 0.137 e. The standard InChI is InChI=1S/C24H22FIN8/c25-24-11-23(12-24,13-24)14-27-5-15-1-2-22-29-17(8-33(22)7-15)9-34-10-21(31-32-34)18-3-16(26)4-20-19(18)6-28-30-20/h1-4,6-8,10,27H,5,9,11-14H2,(H,28,30). The summed E-state index contributed by atoms with van der Waals surface area (Å²) in [6.07, 6.45) is 10.1. The number of fused-ring (bicyclic) bond motifs is 2. The number of pyridine rings is 1. The van der Waals surface area contributed by atoms with Gasteiger partial charge in [0.25, 0.3) is 0 Å². The van der Waals surface area contributed by atoms with Crippen molar-refractivity contribution in [1.82, 2.24) is 39.9 Å². The maximum absolute atomic E-state index is 13.7. The molecule has 0 saturated heterocycles. The van der Waals surface area contributed by atoms with Gasteiger partial charge in [0.1, 0.15) is 17.0 Å². The summed E-state index contributed by atoms with van der Waals surface area (Å²) in [6.45, 7) is 2.20. The van der Waals surface area contributed by atoms with E-state index in [2.05, 4.69) is 77.2 Å². The van der Waals surface area contributed by atoms with Crippen LogP contribution < -0.4 is 5.32 Å². The van der Waals surface area contributed by atoms with E-state index in [4.69, 9.17) is 4.98 Å². The van der Waals surface area contributed by atoms with Gasteiger partial charge < -0.3 is 9.72 Å². The van der Waals surface area contributed by atoms with E-state index in [0.717, 1.165) is 69.4 Å². The predicted molar refractivity (Wildman–Crippen MR) is 134 cm³/mol. The van der Waals surface area contributed by atoms with Crippen LogP contribution in [-0.2, 0) is 13.1 Å². The molecule has 0 amide bonds. The Kier molecular flexibility index (Phi) is 4.41. The molecule has 5 aromatic rings. The van der Waals surface area contributed by atoms with Gasteiger partial charge in [0.05, 0.1) is 30.1 Å². The highest BCUT2D eigenvalue weighted by Gasteiger charge is 2.68. The van der Waals surface area contributed by atoms with Crippen LogP contribution in [0.3, 0.4) is 0 Å². The molecule has 3 aliphatic rings. The summed E-state index contributed by atoms with van der Waals surface area (Å²) >= 11 is 2.30. The number of hydrogen-bond acceptors (Lipinski definition) is 5. The van der Waals surface area contributed by atoms with E-state index in [1.54, 1.807) is 0 Å². The summed E-state index contributed by atoms with van der Waals surface area (Å²) in [5, 5.41) is 20.5. The van der Waals surface area contributed by atoms with Gasteiger partial charge in [-0.15, -0.1) is 5.10 Å². The van der Waals surface area contributed by atoms with Crippen LogP contribution in [0.1, 0.15) is 30.5 Å². The molecule has 0 radical (unpaired) electrons. The van der Waals surface area contributed by atoms with Crippen molar-refractivity contribution in [2.75, 3.05) is 6.54 Å². The first-order valence-electron chi connectivity index (χ1n) is 11.4. The molecule has 1 aromatic carbocycles. The van der Waals surface area contributed by atoms with E-state index in [1.807, 2.05) is 29.3 Å². The lowest BCUT2D eigenvalue weighted by Gasteiger charge is -2.66. The zero-order chi connectivity index (χ0) is 22.9. The third kappa shape index (κ3) is 3.42. The Bertz CT molecular complexity index is 1530. The molecule has 0 unspecified atom stereocenters. The Labute approximate surface area is 208 Å². The van der Waals surface area contributed by atoms with Gasteiger partial charge in [0, 0.05) is 40.0 Å². The molecule has 8 nitrogen and oxygen atoms in total. The third-order valence-electron chi connectivity index (χ3n) is 7.13. The zero-order valence-corrected chi connectivity index (χ0v) is 20.5. The highest BCUT2D eigenvalue weighted by atomic mass is 127. The Morgan fingerprint density at radius 3 is 2.88 bits per heavy atom. The van der Waals surface area contributed by atoms with Gasteiger partial charge in [0.2, 0.25) is 0 Å².